The van der Waals surface area contributed by atoms with Crippen LogP contribution in [0.4, 0.5) is 4.79 Å². The fourth-order valence-electron chi connectivity index (χ4n) is 2.94. The molecule has 1 aliphatic carbocycles. The number of ether oxygens (including phenoxy) is 1. The Hall–Kier alpha value is -2.08. The van der Waals surface area contributed by atoms with Gasteiger partial charge in [0.1, 0.15) is 12.6 Å². The molecule has 2 rings (SSSR count). The average molecular weight is 321 g/mol. The Bertz CT molecular complexity index is 519. The van der Waals surface area contributed by atoms with Crippen LogP contribution in [-0.2, 0) is 16.1 Å². The first-order chi connectivity index (χ1) is 11.0. The first-order valence-electron chi connectivity index (χ1n) is 7.92. The minimum atomic E-state index is -1.08. The zero-order chi connectivity index (χ0) is 16.7. The SMILES string of the molecule is O=C(NC(CC1CCCC(O)C1)C(=O)O)OCc1ccccc1. The molecule has 1 aliphatic rings. The van der Waals surface area contributed by atoms with E-state index in [-0.39, 0.29) is 18.6 Å². The summed E-state index contributed by atoms with van der Waals surface area (Å²) in [6, 6.07) is 8.20. The number of carbonyl (C=O) groups excluding carboxylic acids is 1. The van der Waals surface area contributed by atoms with E-state index in [1.165, 1.54) is 0 Å². The molecule has 0 aliphatic heterocycles. The number of carboxylic acid groups (broad SMARTS) is 1. The molecule has 1 saturated carbocycles. The number of aliphatic carboxylic acids is 1. The van der Waals surface area contributed by atoms with Crippen LogP contribution in [0.2, 0.25) is 0 Å². The number of carboxylic acids is 1. The van der Waals surface area contributed by atoms with Crippen molar-refractivity contribution in [2.45, 2.75) is 50.9 Å². The lowest BCUT2D eigenvalue weighted by Gasteiger charge is -2.28. The highest BCUT2D eigenvalue weighted by molar-refractivity contribution is 5.79. The first kappa shape index (κ1) is 17.3. The molecule has 6 heteroatoms. The summed E-state index contributed by atoms with van der Waals surface area (Å²) >= 11 is 0. The second-order valence-corrected chi connectivity index (χ2v) is 6.02. The van der Waals surface area contributed by atoms with Crippen LogP contribution in [0.15, 0.2) is 30.3 Å². The van der Waals surface area contributed by atoms with E-state index in [0.29, 0.717) is 12.8 Å². The van der Waals surface area contributed by atoms with Gasteiger partial charge in [-0.2, -0.15) is 0 Å². The molecule has 3 N–H and O–H groups in total. The van der Waals surface area contributed by atoms with Crippen molar-refractivity contribution in [1.29, 1.82) is 0 Å². The van der Waals surface area contributed by atoms with Crippen molar-refractivity contribution < 1.29 is 24.5 Å². The van der Waals surface area contributed by atoms with E-state index in [4.69, 9.17) is 4.74 Å². The molecule has 1 amide bonds. The molecular weight excluding hydrogens is 298 g/mol. The van der Waals surface area contributed by atoms with Crippen LogP contribution in [-0.4, -0.2) is 34.4 Å². The van der Waals surface area contributed by atoms with Gasteiger partial charge in [-0.3, -0.25) is 0 Å². The monoisotopic (exact) mass is 321 g/mol. The van der Waals surface area contributed by atoms with Crippen LogP contribution in [0.25, 0.3) is 0 Å². The molecule has 6 nitrogen and oxygen atoms in total. The zero-order valence-corrected chi connectivity index (χ0v) is 13.0. The topological polar surface area (TPSA) is 95.9 Å². The Morgan fingerprint density at radius 2 is 2.00 bits per heavy atom. The highest BCUT2D eigenvalue weighted by Gasteiger charge is 2.28. The van der Waals surface area contributed by atoms with Gasteiger partial charge in [-0.1, -0.05) is 43.2 Å². The van der Waals surface area contributed by atoms with Crippen molar-refractivity contribution in [3.8, 4) is 0 Å². The summed E-state index contributed by atoms with van der Waals surface area (Å²) in [5.74, 6) is -0.976. The number of amides is 1. The smallest absolute Gasteiger partial charge is 0.408 e. The molecule has 0 bridgehead atoms. The number of hydrogen-bond acceptors (Lipinski definition) is 4. The van der Waals surface area contributed by atoms with Crippen molar-refractivity contribution in [3.05, 3.63) is 35.9 Å². The molecule has 0 radical (unpaired) electrons. The van der Waals surface area contributed by atoms with Crippen molar-refractivity contribution in [2.75, 3.05) is 0 Å². The highest BCUT2D eigenvalue weighted by Crippen LogP contribution is 2.27. The second kappa shape index (κ2) is 8.53. The van der Waals surface area contributed by atoms with Crippen LogP contribution in [0, 0.1) is 5.92 Å². The Labute approximate surface area is 135 Å². The fraction of sp³-hybridized carbons (Fsp3) is 0.529. The maximum atomic E-state index is 11.8. The summed E-state index contributed by atoms with van der Waals surface area (Å²) in [5, 5.41) is 21.3. The van der Waals surface area contributed by atoms with E-state index in [1.54, 1.807) is 0 Å². The van der Waals surface area contributed by atoms with Gasteiger partial charge in [0.25, 0.3) is 0 Å². The van der Waals surface area contributed by atoms with Crippen molar-refractivity contribution >= 4 is 12.1 Å². The Morgan fingerprint density at radius 1 is 1.26 bits per heavy atom. The summed E-state index contributed by atoms with van der Waals surface area (Å²) in [6.45, 7) is 0.0984. The van der Waals surface area contributed by atoms with Gasteiger partial charge in [0.15, 0.2) is 0 Å². The van der Waals surface area contributed by atoms with Gasteiger partial charge < -0.3 is 20.3 Å². The maximum absolute atomic E-state index is 11.8. The molecule has 0 saturated heterocycles. The number of aliphatic hydroxyl groups excluding tert-OH is 1. The Balaban J connectivity index is 1.81. The zero-order valence-electron chi connectivity index (χ0n) is 13.0. The largest absolute Gasteiger partial charge is 0.480 e. The summed E-state index contributed by atoms with van der Waals surface area (Å²) in [7, 11) is 0. The lowest BCUT2D eigenvalue weighted by atomic mass is 9.83. The van der Waals surface area contributed by atoms with E-state index < -0.39 is 18.1 Å². The number of aliphatic hydroxyl groups is 1. The minimum Gasteiger partial charge on any atom is -0.480 e. The molecule has 0 spiro atoms. The maximum Gasteiger partial charge on any atom is 0.408 e. The number of carbonyl (C=O) groups is 2. The molecule has 3 unspecified atom stereocenters. The minimum absolute atomic E-state index is 0.0984. The van der Waals surface area contributed by atoms with Gasteiger partial charge in [0.05, 0.1) is 6.10 Å². The summed E-state index contributed by atoms with van der Waals surface area (Å²) < 4.78 is 5.06. The van der Waals surface area contributed by atoms with Crippen LogP contribution in [0.5, 0.6) is 0 Å². The normalized spacial score (nSPS) is 22.1. The molecule has 1 aromatic carbocycles. The number of rotatable bonds is 6. The van der Waals surface area contributed by atoms with Crippen LogP contribution in [0.1, 0.15) is 37.7 Å². The fourth-order valence-corrected chi connectivity index (χ4v) is 2.94. The van der Waals surface area contributed by atoms with Crippen molar-refractivity contribution in [1.82, 2.24) is 5.32 Å². The van der Waals surface area contributed by atoms with E-state index >= 15 is 0 Å². The number of hydrogen-bond donors (Lipinski definition) is 3. The van der Waals surface area contributed by atoms with Crippen molar-refractivity contribution in [3.63, 3.8) is 0 Å². The van der Waals surface area contributed by atoms with Crippen LogP contribution in [0.3, 0.4) is 0 Å². The lowest BCUT2D eigenvalue weighted by molar-refractivity contribution is -0.140. The van der Waals surface area contributed by atoms with Gasteiger partial charge >= 0.3 is 12.1 Å². The first-order valence-corrected chi connectivity index (χ1v) is 7.92. The number of alkyl carbamates (subject to hydrolysis) is 1. The average Bonchev–Trinajstić information content (AvgIpc) is 2.53. The van der Waals surface area contributed by atoms with Gasteiger partial charge in [-0.15, -0.1) is 0 Å². The van der Waals surface area contributed by atoms with Gasteiger partial charge in [-0.05, 0) is 30.7 Å². The van der Waals surface area contributed by atoms with E-state index in [9.17, 15) is 19.8 Å². The molecule has 0 aromatic heterocycles. The van der Waals surface area contributed by atoms with Crippen molar-refractivity contribution in [2.24, 2.45) is 5.92 Å². The standard InChI is InChI=1S/C17H23NO5/c19-14-8-4-7-13(9-14)10-15(16(20)21)18-17(22)23-11-12-5-2-1-3-6-12/h1-3,5-6,13-15,19H,4,7-11H2,(H,18,22)(H,20,21). The molecular formula is C17H23NO5. The molecule has 23 heavy (non-hydrogen) atoms. The summed E-state index contributed by atoms with van der Waals surface area (Å²) in [6.07, 6.45) is 2.32. The third kappa shape index (κ3) is 5.90. The third-order valence-electron chi connectivity index (χ3n) is 4.13. The summed E-state index contributed by atoms with van der Waals surface area (Å²) in [5.41, 5.74) is 0.838. The second-order valence-electron chi connectivity index (χ2n) is 6.02. The third-order valence-corrected chi connectivity index (χ3v) is 4.13. The van der Waals surface area contributed by atoms with Gasteiger partial charge in [0, 0.05) is 0 Å². The molecule has 1 fully saturated rings. The molecule has 126 valence electrons. The highest BCUT2D eigenvalue weighted by atomic mass is 16.5. The number of nitrogens with one attached hydrogen (secondary N) is 1. The van der Waals surface area contributed by atoms with E-state index in [2.05, 4.69) is 5.32 Å². The van der Waals surface area contributed by atoms with Gasteiger partial charge in [-0.25, -0.2) is 9.59 Å². The van der Waals surface area contributed by atoms with Gasteiger partial charge in [0.2, 0.25) is 0 Å². The lowest BCUT2D eigenvalue weighted by Crippen LogP contribution is -2.43. The van der Waals surface area contributed by atoms with Crippen LogP contribution < -0.4 is 5.32 Å². The van der Waals surface area contributed by atoms with E-state index in [1.807, 2.05) is 30.3 Å². The molecule has 3 atom stereocenters. The van der Waals surface area contributed by atoms with Crippen LogP contribution >= 0.6 is 0 Å². The number of benzene rings is 1. The molecule has 1 aromatic rings. The summed E-state index contributed by atoms with van der Waals surface area (Å²) in [4.78, 5) is 23.1. The Morgan fingerprint density at radius 3 is 2.65 bits per heavy atom. The predicted octanol–water partition coefficient (Wildman–Crippen LogP) is 2.31. The quantitative estimate of drug-likeness (QED) is 0.747. The van der Waals surface area contributed by atoms with E-state index in [0.717, 1.165) is 24.8 Å². The molecule has 0 heterocycles. The Kier molecular flexibility index (Phi) is 6.40. The predicted molar refractivity (Wildman–Crippen MR) is 83.8 cm³/mol.